The molecule has 0 aliphatic rings. The summed E-state index contributed by atoms with van der Waals surface area (Å²) in [4.78, 5) is 0. The van der Waals surface area contributed by atoms with Crippen LogP contribution in [0.2, 0.25) is 6.55 Å². The summed E-state index contributed by atoms with van der Waals surface area (Å²) < 4.78 is 0. The molecule has 0 aliphatic carbocycles. The molecule has 3 rings (SSSR count). The number of rotatable bonds is 2. The third-order valence-electron chi connectivity index (χ3n) is 3.59. The molecule has 0 heterocycles. The van der Waals surface area contributed by atoms with Crippen LogP contribution >= 0.6 is 0 Å². The molecule has 0 radical (unpaired) electrons. The molecule has 0 spiro atoms. The van der Waals surface area contributed by atoms with Crippen molar-refractivity contribution in [1.82, 2.24) is 0 Å². The van der Waals surface area contributed by atoms with Gasteiger partial charge in [0.2, 0.25) is 0 Å². The van der Waals surface area contributed by atoms with Gasteiger partial charge in [-0.05, 0) is 10.8 Å². The van der Waals surface area contributed by atoms with E-state index in [1.165, 1.54) is 16.0 Å². The van der Waals surface area contributed by atoms with E-state index in [9.17, 15) is 0 Å². The van der Waals surface area contributed by atoms with E-state index >= 15 is 0 Å². The first-order chi connectivity index (χ1) is 8.86. The summed E-state index contributed by atoms with van der Waals surface area (Å²) >= 11 is 0. The Balaban J connectivity index is 2.15. The number of hydrogen-bond acceptors (Lipinski definition) is 0. The summed E-state index contributed by atoms with van der Waals surface area (Å²) in [7, 11) is -1.07. The summed E-state index contributed by atoms with van der Waals surface area (Å²) in [6, 6.07) is 26.3. The number of benzene rings is 3. The van der Waals surface area contributed by atoms with Crippen molar-refractivity contribution in [3.63, 3.8) is 0 Å². The van der Waals surface area contributed by atoms with Crippen LogP contribution in [0.1, 0.15) is 0 Å². The molecule has 0 nitrogen and oxygen atoms in total. The van der Waals surface area contributed by atoms with Crippen LogP contribution in [0.15, 0.2) is 72.8 Å². The van der Waals surface area contributed by atoms with Gasteiger partial charge >= 0.3 is 0 Å². The smallest absolute Gasteiger partial charge is 0.0641 e. The summed E-state index contributed by atoms with van der Waals surface area (Å²) in [6.45, 7) is 2.41. The van der Waals surface area contributed by atoms with Gasteiger partial charge in [-0.25, -0.2) is 0 Å². The predicted octanol–water partition coefficient (Wildman–Crippen LogP) is 2.81. The van der Waals surface area contributed by atoms with Crippen molar-refractivity contribution in [1.29, 1.82) is 0 Å². The van der Waals surface area contributed by atoms with Crippen LogP contribution in [0.25, 0.3) is 10.8 Å². The normalized spacial score (nSPS) is 12.5. The van der Waals surface area contributed by atoms with E-state index < -0.39 is 8.80 Å². The highest BCUT2D eigenvalue weighted by molar-refractivity contribution is 6.85. The Morgan fingerprint density at radius 3 is 2.17 bits per heavy atom. The molecule has 0 aliphatic heterocycles. The Hall–Kier alpha value is -1.86. The molecular formula is C17H16Si. The van der Waals surface area contributed by atoms with E-state index in [0.717, 1.165) is 0 Å². The lowest BCUT2D eigenvalue weighted by Crippen LogP contribution is -2.39. The van der Waals surface area contributed by atoms with Crippen molar-refractivity contribution in [2.45, 2.75) is 6.55 Å². The maximum absolute atomic E-state index is 2.41. The van der Waals surface area contributed by atoms with Gasteiger partial charge in [-0.2, -0.15) is 0 Å². The molecule has 88 valence electrons. The van der Waals surface area contributed by atoms with Crippen molar-refractivity contribution in [3.05, 3.63) is 72.8 Å². The van der Waals surface area contributed by atoms with Crippen molar-refractivity contribution < 1.29 is 0 Å². The fraction of sp³-hybridized carbons (Fsp3) is 0.0588. The minimum Gasteiger partial charge on any atom is -0.0641 e. The second-order valence-corrected chi connectivity index (χ2v) is 7.43. The number of hydrogen-bond donors (Lipinski definition) is 0. The Morgan fingerprint density at radius 1 is 0.667 bits per heavy atom. The van der Waals surface area contributed by atoms with Gasteiger partial charge in [0.15, 0.2) is 0 Å². The van der Waals surface area contributed by atoms with E-state index in [1.54, 1.807) is 5.19 Å². The molecule has 0 fully saturated rings. The van der Waals surface area contributed by atoms with Crippen LogP contribution in [0.4, 0.5) is 0 Å². The van der Waals surface area contributed by atoms with Gasteiger partial charge in [-0.15, -0.1) is 0 Å². The van der Waals surface area contributed by atoms with Crippen LogP contribution in [0.3, 0.4) is 0 Å². The van der Waals surface area contributed by atoms with E-state index in [1.807, 2.05) is 0 Å². The standard InChI is InChI=1S/C17H16Si/c1-18(15-10-3-2-4-11-15)17-13-7-9-14-8-5-6-12-16(14)17/h2-13,18H,1H3. The molecule has 0 N–H and O–H groups in total. The Bertz CT molecular complexity index is 653. The molecule has 1 unspecified atom stereocenters. The zero-order chi connectivity index (χ0) is 12.4. The fourth-order valence-electron chi connectivity index (χ4n) is 2.55. The van der Waals surface area contributed by atoms with E-state index in [2.05, 4.69) is 79.3 Å². The third kappa shape index (κ3) is 1.98. The molecular weight excluding hydrogens is 232 g/mol. The van der Waals surface area contributed by atoms with Crippen molar-refractivity contribution in [2.75, 3.05) is 0 Å². The first-order valence-corrected chi connectivity index (χ1v) is 8.70. The highest BCUT2D eigenvalue weighted by Gasteiger charge is 2.12. The van der Waals surface area contributed by atoms with Crippen molar-refractivity contribution >= 4 is 29.9 Å². The quantitative estimate of drug-likeness (QED) is 0.612. The lowest BCUT2D eigenvalue weighted by atomic mass is 10.1. The fourth-order valence-corrected chi connectivity index (χ4v) is 4.84. The summed E-state index contributed by atoms with van der Waals surface area (Å²) in [6.07, 6.45) is 0. The van der Waals surface area contributed by atoms with Crippen LogP contribution in [-0.4, -0.2) is 8.80 Å². The minimum absolute atomic E-state index is 1.07. The van der Waals surface area contributed by atoms with Gasteiger partial charge in [0.05, 0.1) is 0 Å². The van der Waals surface area contributed by atoms with Crippen molar-refractivity contribution in [2.24, 2.45) is 0 Å². The van der Waals surface area contributed by atoms with Crippen LogP contribution in [0, 0.1) is 0 Å². The van der Waals surface area contributed by atoms with Crippen LogP contribution < -0.4 is 10.4 Å². The summed E-state index contributed by atoms with van der Waals surface area (Å²) in [5.41, 5.74) is 0. The molecule has 0 saturated carbocycles. The molecule has 3 aromatic carbocycles. The molecule has 1 atom stereocenters. The van der Waals surface area contributed by atoms with Crippen LogP contribution in [-0.2, 0) is 0 Å². The topological polar surface area (TPSA) is 0 Å². The monoisotopic (exact) mass is 248 g/mol. The summed E-state index contributed by atoms with van der Waals surface area (Å²) in [5.74, 6) is 0. The maximum atomic E-state index is 2.41. The van der Waals surface area contributed by atoms with Crippen molar-refractivity contribution in [3.8, 4) is 0 Å². The second-order valence-electron chi connectivity index (χ2n) is 4.70. The first-order valence-electron chi connectivity index (χ1n) is 6.39. The van der Waals surface area contributed by atoms with Gasteiger partial charge in [0.25, 0.3) is 0 Å². The van der Waals surface area contributed by atoms with E-state index in [-0.39, 0.29) is 0 Å². The van der Waals surface area contributed by atoms with Gasteiger partial charge in [0.1, 0.15) is 8.80 Å². The average Bonchev–Trinajstić information content (AvgIpc) is 2.47. The summed E-state index contributed by atoms with van der Waals surface area (Å²) in [5, 5.41) is 5.82. The average molecular weight is 248 g/mol. The lowest BCUT2D eigenvalue weighted by Gasteiger charge is -2.13. The molecule has 18 heavy (non-hydrogen) atoms. The van der Waals surface area contributed by atoms with Crippen LogP contribution in [0.5, 0.6) is 0 Å². The zero-order valence-electron chi connectivity index (χ0n) is 10.5. The molecule has 3 aromatic rings. The SMILES string of the molecule is C[SiH](c1ccccc1)c1cccc2ccccc12. The second kappa shape index (κ2) is 4.79. The zero-order valence-corrected chi connectivity index (χ0v) is 11.7. The molecule has 0 saturated heterocycles. The Labute approximate surface area is 110 Å². The van der Waals surface area contributed by atoms with Gasteiger partial charge in [0, 0.05) is 0 Å². The minimum atomic E-state index is -1.07. The van der Waals surface area contributed by atoms with Gasteiger partial charge < -0.3 is 0 Å². The highest BCUT2D eigenvalue weighted by atomic mass is 28.3. The largest absolute Gasteiger partial charge is 0.100 e. The first kappa shape index (κ1) is 11.2. The van der Waals surface area contributed by atoms with Gasteiger partial charge in [-0.3, -0.25) is 0 Å². The van der Waals surface area contributed by atoms with E-state index in [4.69, 9.17) is 0 Å². The molecule has 1 heteroatoms. The Morgan fingerprint density at radius 2 is 1.33 bits per heavy atom. The molecule has 0 aromatic heterocycles. The van der Waals surface area contributed by atoms with Gasteiger partial charge in [-0.1, -0.05) is 89.7 Å². The Kier molecular flexibility index (Phi) is 2.99. The predicted molar refractivity (Wildman–Crippen MR) is 82.7 cm³/mol. The lowest BCUT2D eigenvalue weighted by molar-refractivity contribution is 1.74. The molecule has 0 amide bonds. The number of fused-ring (bicyclic) bond motifs is 1. The highest BCUT2D eigenvalue weighted by Crippen LogP contribution is 2.11. The third-order valence-corrected chi connectivity index (χ3v) is 6.41. The maximum Gasteiger partial charge on any atom is 0.100 e. The molecule has 0 bridgehead atoms. The van der Waals surface area contributed by atoms with E-state index in [0.29, 0.717) is 0 Å².